The molecule has 0 bridgehead atoms. The molecule has 0 aliphatic heterocycles. The van der Waals surface area contributed by atoms with E-state index in [1.54, 1.807) is 0 Å². The Kier molecular flexibility index (Phi) is 2.92. The largest absolute Gasteiger partial charge is 0.481 e. The van der Waals surface area contributed by atoms with Gasteiger partial charge in [-0.3, -0.25) is 4.79 Å². The highest BCUT2D eigenvalue weighted by molar-refractivity contribution is 5.76. The SMILES string of the molecule is CC(C)(OC(N)=O)C(C)(C)C(=O)O. The van der Waals surface area contributed by atoms with Crippen LogP contribution in [0.4, 0.5) is 4.79 Å². The number of carbonyl (C=O) groups excluding carboxylic acids is 1. The minimum absolute atomic E-state index is 0.973. The van der Waals surface area contributed by atoms with Crippen molar-refractivity contribution in [1.82, 2.24) is 0 Å². The summed E-state index contributed by atoms with van der Waals surface area (Å²) in [6, 6.07) is 0. The zero-order chi connectivity index (χ0) is 10.9. The normalized spacial score (nSPS) is 12.3. The highest BCUT2D eigenvalue weighted by atomic mass is 16.6. The van der Waals surface area contributed by atoms with E-state index in [1.165, 1.54) is 27.7 Å². The standard InChI is InChI=1S/C8H15NO4/c1-7(2,5(10)11)8(3,4)13-6(9)12/h1-4H3,(H2,9,12)(H,10,11). The Morgan fingerprint density at radius 2 is 1.62 bits per heavy atom. The molecule has 0 heterocycles. The van der Waals surface area contributed by atoms with Crippen LogP contribution < -0.4 is 5.73 Å². The minimum atomic E-state index is -1.18. The van der Waals surface area contributed by atoms with Crippen LogP contribution in [-0.4, -0.2) is 22.8 Å². The molecule has 1 amide bonds. The molecule has 0 aliphatic carbocycles. The fourth-order valence-electron chi connectivity index (χ4n) is 0.637. The van der Waals surface area contributed by atoms with E-state index < -0.39 is 23.1 Å². The Balaban J connectivity index is 4.80. The van der Waals surface area contributed by atoms with E-state index in [0.717, 1.165) is 0 Å². The molecular formula is C8H15NO4. The fourth-order valence-corrected chi connectivity index (χ4v) is 0.637. The van der Waals surface area contributed by atoms with Crippen molar-refractivity contribution in [2.45, 2.75) is 33.3 Å². The molecule has 0 saturated carbocycles. The van der Waals surface area contributed by atoms with E-state index in [2.05, 4.69) is 0 Å². The number of carboxylic acid groups (broad SMARTS) is 1. The molecule has 0 atom stereocenters. The molecule has 3 N–H and O–H groups in total. The van der Waals surface area contributed by atoms with Crippen molar-refractivity contribution in [1.29, 1.82) is 0 Å². The second kappa shape index (κ2) is 3.24. The lowest BCUT2D eigenvalue weighted by Gasteiger charge is -2.36. The van der Waals surface area contributed by atoms with Crippen LogP contribution in [0.1, 0.15) is 27.7 Å². The zero-order valence-corrected chi connectivity index (χ0v) is 8.25. The van der Waals surface area contributed by atoms with Gasteiger partial charge in [0.1, 0.15) is 11.0 Å². The molecule has 0 fully saturated rings. The van der Waals surface area contributed by atoms with Gasteiger partial charge in [0, 0.05) is 0 Å². The van der Waals surface area contributed by atoms with Crippen molar-refractivity contribution in [3.63, 3.8) is 0 Å². The Hall–Kier alpha value is -1.26. The first kappa shape index (κ1) is 11.7. The van der Waals surface area contributed by atoms with Gasteiger partial charge in [-0.25, -0.2) is 4.79 Å². The van der Waals surface area contributed by atoms with Crippen LogP contribution in [0.3, 0.4) is 0 Å². The average Bonchev–Trinajstić information content (AvgIpc) is 1.83. The number of carbonyl (C=O) groups is 2. The maximum Gasteiger partial charge on any atom is 0.405 e. The number of nitrogens with two attached hydrogens (primary N) is 1. The smallest absolute Gasteiger partial charge is 0.405 e. The molecule has 5 nitrogen and oxygen atoms in total. The third kappa shape index (κ3) is 2.34. The van der Waals surface area contributed by atoms with Gasteiger partial charge in [0.15, 0.2) is 0 Å². The lowest BCUT2D eigenvalue weighted by molar-refractivity contribution is -0.160. The fraction of sp³-hybridized carbons (Fsp3) is 0.750. The van der Waals surface area contributed by atoms with Gasteiger partial charge in [-0.05, 0) is 27.7 Å². The van der Waals surface area contributed by atoms with Crippen LogP contribution in [0.15, 0.2) is 0 Å². The quantitative estimate of drug-likeness (QED) is 0.692. The predicted molar refractivity (Wildman–Crippen MR) is 46.2 cm³/mol. The lowest BCUT2D eigenvalue weighted by Crippen LogP contribution is -2.49. The zero-order valence-electron chi connectivity index (χ0n) is 8.25. The Morgan fingerprint density at radius 1 is 1.23 bits per heavy atom. The lowest BCUT2D eigenvalue weighted by atomic mass is 9.77. The van der Waals surface area contributed by atoms with Crippen molar-refractivity contribution in [2.24, 2.45) is 11.1 Å². The van der Waals surface area contributed by atoms with Crippen molar-refractivity contribution in [2.75, 3.05) is 0 Å². The van der Waals surface area contributed by atoms with Gasteiger partial charge in [-0.2, -0.15) is 0 Å². The first-order valence-corrected chi connectivity index (χ1v) is 3.83. The van der Waals surface area contributed by atoms with Crippen LogP contribution >= 0.6 is 0 Å². The van der Waals surface area contributed by atoms with E-state index >= 15 is 0 Å². The number of amides is 1. The summed E-state index contributed by atoms with van der Waals surface area (Å²) in [4.78, 5) is 21.3. The molecule has 0 aromatic carbocycles. The Labute approximate surface area is 76.9 Å². The van der Waals surface area contributed by atoms with Gasteiger partial charge in [-0.1, -0.05) is 0 Å². The second-order valence-electron chi connectivity index (χ2n) is 3.86. The van der Waals surface area contributed by atoms with Crippen LogP contribution in [0.5, 0.6) is 0 Å². The third-order valence-electron chi connectivity index (χ3n) is 2.40. The van der Waals surface area contributed by atoms with Crippen molar-refractivity contribution in [3.8, 4) is 0 Å². The molecule has 13 heavy (non-hydrogen) atoms. The summed E-state index contributed by atoms with van der Waals surface area (Å²) in [5.41, 5.74) is 2.51. The van der Waals surface area contributed by atoms with Gasteiger partial charge in [0.2, 0.25) is 0 Å². The molecule has 0 rings (SSSR count). The van der Waals surface area contributed by atoms with Crippen molar-refractivity contribution >= 4 is 12.1 Å². The number of carboxylic acids is 1. The molecular weight excluding hydrogens is 174 g/mol. The van der Waals surface area contributed by atoms with Crippen LogP contribution in [0.25, 0.3) is 0 Å². The number of primary amides is 1. The summed E-state index contributed by atoms with van der Waals surface area (Å²) in [6.07, 6.45) is -0.973. The highest BCUT2D eigenvalue weighted by Gasteiger charge is 2.46. The summed E-state index contributed by atoms with van der Waals surface area (Å²) in [7, 11) is 0. The average molecular weight is 189 g/mol. The van der Waals surface area contributed by atoms with Gasteiger partial charge >= 0.3 is 12.1 Å². The molecule has 0 spiro atoms. The molecule has 0 aliphatic rings. The molecule has 76 valence electrons. The van der Waals surface area contributed by atoms with Gasteiger partial charge < -0.3 is 15.6 Å². The summed E-state index contributed by atoms with van der Waals surface area (Å²) in [5, 5.41) is 8.86. The summed E-state index contributed by atoms with van der Waals surface area (Å²) < 4.78 is 4.72. The van der Waals surface area contributed by atoms with Crippen LogP contribution in [-0.2, 0) is 9.53 Å². The summed E-state index contributed by atoms with van der Waals surface area (Å²) in [5.74, 6) is -1.04. The van der Waals surface area contributed by atoms with Gasteiger partial charge in [-0.15, -0.1) is 0 Å². The molecule has 0 aromatic rings. The van der Waals surface area contributed by atoms with Crippen molar-refractivity contribution in [3.05, 3.63) is 0 Å². The monoisotopic (exact) mass is 189 g/mol. The highest BCUT2D eigenvalue weighted by Crippen LogP contribution is 2.33. The third-order valence-corrected chi connectivity index (χ3v) is 2.40. The number of ether oxygens (including phenoxy) is 1. The number of aliphatic carboxylic acids is 1. The van der Waals surface area contributed by atoms with E-state index in [1.807, 2.05) is 0 Å². The van der Waals surface area contributed by atoms with E-state index in [9.17, 15) is 9.59 Å². The molecule has 0 unspecified atom stereocenters. The molecule has 0 radical (unpaired) electrons. The maximum atomic E-state index is 10.8. The minimum Gasteiger partial charge on any atom is -0.481 e. The van der Waals surface area contributed by atoms with E-state index in [-0.39, 0.29) is 0 Å². The number of hydrogen-bond acceptors (Lipinski definition) is 3. The summed E-state index contributed by atoms with van der Waals surface area (Å²) in [6.45, 7) is 5.95. The summed E-state index contributed by atoms with van der Waals surface area (Å²) >= 11 is 0. The topological polar surface area (TPSA) is 89.6 Å². The number of hydrogen-bond donors (Lipinski definition) is 2. The molecule has 0 saturated heterocycles. The molecule has 5 heteroatoms. The number of rotatable bonds is 3. The van der Waals surface area contributed by atoms with E-state index in [4.69, 9.17) is 15.6 Å². The predicted octanol–water partition coefficient (Wildman–Crippen LogP) is 0.971. The van der Waals surface area contributed by atoms with Gasteiger partial charge in [0.05, 0.1) is 0 Å². The Bertz CT molecular complexity index is 232. The maximum absolute atomic E-state index is 10.8. The van der Waals surface area contributed by atoms with E-state index in [0.29, 0.717) is 0 Å². The van der Waals surface area contributed by atoms with Gasteiger partial charge in [0.25, 0.3) is 0 Å². The van der Waals surface area contributed by atoms with Crippen LogP contribution in [0.2, 0.25) is 0 Å². The van der Waals surface area contributed by atoms with Crippen molar-refractivity contribution < 1.29 is 19.4 Å². The first-order valence-electron chi connectivity index (χ1n) is 3.83. The first-order chi connectivity index (χ1) is 5.61. The van der Waals surface area contributed by atoms with Crippen LogP contribution in [0, 0.1) is 5.41 Å². The second-order valence-corrected chi connectivity index (χ2v) is 3.86. The molecule has 0 aromatic heterocycles. The Morgan fingerprint density at radius 3 is 1.85 bits per heavy atom.